The summed E-state index contributed by atoms with van der Waals surface area (Å²) >= 11 is 0. The van der Waals surface area contributed by atoms with Gasteiger partial charge in [-0.1, -0.05) is 41.5 Å². The minimum absolute atomic E-state index is 0.116. The van der Waals surface area contributed by atoms with Crippen LogP contribution in [0.2, 0.25) is 0 Å². The third kappa shape index (κ3) is 6.63. The number of fused-ring (bicyclic) bond motifs is 1. The lowest BCUT2D eigenvalue weighted by atomic mass is 10.1. The van der Waals surface area contributed by atoms with Gasteiger partial charge in [-0.15, -0.1) is 0 Å². The van der Waals surface area contributed by atoms with Crippen molar-refractivity contribution in [3.05, 3.63) is 65.2 Å². The van der Waals surface area contributed by atoms with Gasteiger partial charge in [0.1, 0.15) is 24.0 Å². The third-order valence-corrected chi connectivity index (χ3v) is 8.00. The highest BCUT2D eigenvalue weighted by atomic mass is 31.2. The summed E-state index contributed by atoms with van der Waals surface area (Å²) < 4.78 is 36.5. The second-order valence-electron chi connectivity index (χ2n) is 9.91. The Morgan fingerprint density at radius 1 is 1.24 bits per heavy atom. The Morgan fingerprint density at radius 2 is 1.95 bits per heavy atom. The van der Waals surface area contributed by atoms with Gasteiger partial charge in [-0.3, -0.25) is 23.8 Å². The minimum Gasteiger partial charge on any atom is -0.462 e. The Hall–Kier alpha value is -3.81. The molecular formula is C26H30N5O10P. The molecule has 1 unspecified atom stereocenters. The molecule has 2 aromatic rings. The van der Waals surface area contributed by atoms with Gasteiger partial charge in [0.15, 0.2) is 12.0 Å². The Kier molecular flexibility index (Phi) is 9.34. The maximum absolute atomic E-state index is 14.2. The Bertz CT molecular complexity index is 1490. The normalized spacial score (nSPS) is 26.1. The van der Waals surface area contributed by atoms with Gasteiger partial charge in [0, 0.05) is 16.5 Å². The molecule has 2 aliphatic rings. The van der Waals surface area contributed by atoms with Crippen molar-refractivity contribution in [2.24, 2.45) is 5.11 Å². The summed E-state index contributed by atoms with van der Waals surface area (Å²) in [6.07, 6.45) is -4.22. The number of ketones is 1. The molecule has 2 heterocycles. The van der Waals surface area contributed by atoms with E-state index in [1.165, 1.54) is 13.0 Å². The van der Waals surface area contributed by atoms with E-state index in [1.54, 1.807) is 50.2 Å². The first-order chi connectivity index (χ1) is 19.9. The van der Waals surface area contributed by atoms with Gasteiger partial charge in [0.2, 0.25) is 11.6 Å². The summed E-state index contributed by atoms with van der Waals surface area (Å²) in [6, 6.07) is 10.8. The van der Waals surface area contributed by atoms with Crippen molar-refractivity contribution in [1.82, 2.24) is 9.99 Å². The number of aliphatic hydroxyl groups is 2. The highest BCUT2D eigenvalue weighted by Crippen LogP contribution is 2.49. The predicted octanol–water partition coefficient (Wildman–Crippen LogP) is 2.67. The van der Waals surface area contributed by atoms with Gasteiger partial charge in [-0.05, 0) is 43.8 Å². The Labute approximate surface area is 240 Å². The molecule has 16 heteroatoms. The highest BCUT2D eigenvalue weighted by molar-refractivity contribution is 7.52. The van der Waals surface area contributed by atoms with Crippen LogP contribution in [0.25, 0.3) is 21.2 Å². The van der Waals surface area contributed by atoms with Gasteiger partial charge >= 0.3 is 13.7 Å². The van der Waals surface area contributed by atoms with Crippen LogP contribution >= 0.6 is 7.75 Å². The molecule has 1 amide bonds. The lowest BCUT2D eigenvalue weighted by Crippen LogP contribution is -2.46. The Morgan fingerprint density at radius 3 is 2.64 bits per heavy atom. The van der Waals surface area contributed by atoms with Crippen LogP contribution in [0.5, 0.6) is 5.75 Å². The molecule has 4 rings (SSSR count). The number of aliphatic hydroxyl groups excluding tert-OH is 2. The van der Waals surface area contributed by atoms with Crippen LogP contribution < -0.4 is 9.61 Å². The van der Waals surface area contributed by atoms with Crippen LogP contribution in [-0.2, 0) is 32.9 Å². The summed E-state index contributed by atoms with van der Waals surface area (Å²) in [7, 11) is -4.58. The van der Waals surface area contributed by atoms with Crippen molar-refractivity contribution >= 4 is 36.2 Å². The van der Waals surface area contributed by atoms with Crippen LogP contribution in [0.3, 0.4) is 0 Å². The van der Waals surface area contributed by atoms with Crippen molar-refractivity contribution in [1.29, 1.82) is 0 Å². The van der Waals surface area contributed by atoms with Crippen molar-refractivity contribution in [3.63, 3.8) is 0 Å². The number of carbonyl (C=O) groups excluding carboxylic acids is 3. The van der Waals surface area contributed by atoms with E-state index in [4.69, 9.17) is 18.5 Å². The van der Waals surface area contributed by atoms with E-state index in [9.17, 15) is 34.7 Å². The lowest BCUT2D eigenvalue weighted by molar-refractivity contribution is -0.159. The SMILES string of the molecule is CC(C)OC(=O)[C@H](C)NP(=O)(OC[C@@]1(N=[N+]=[N-])O[C@@H](N2C=CC(=O)CC2=O)[C@H](O)[C@@H]1O)Oc1cccc2ccccc12. The third-order valence-electron chi connectivity index (χ3n) is 6.39. The molecule has 0 saturated carbocycles. The number of rotatable bonds is 11. The average Bonchev–Trinajstić information content (AvgIpc) is 3.17. The zero-order valence-electron chi connectivity index (χ0n) is 22.9. The first kappa shape index (κ1) is 31.1. The smallest absolute Gasteiger partial charge is 0.459 e. The van der Waals surface area contributed by atoms with Gasteiger partial charge < -0.3 is 24.2 Å². The number of ether oxygens (including phenoxy) is 2. The number of azide groups is 1. The van der Waals surface area contributed by atoms with Crippen LogP contribution in [0.4, 0.5) is 0 Å². The van der Waals surface area contributed by atoms with Gasteiger partial charge in [-0.2, -0.15) is 5.09 Å². The van der Waals surface area contributed by atoms with Crippen LogP contribution in [0.15, 0.2) is 59.9 Å². The molecule has 0 aromatic heterocycles. The number of benzene rings is 2. The number of hydrogen-bond donors (Lipinski definition) is 3. The molecular weight excluding hydrogens is 573 g/mol. The van der Waals surface area contributed by atoms with Gasteiger partial charge in [0.25, 0.3) is 0 Å². The first-order valence-electron chi connectivity index (χ1n) is 12.9. The maximum atomic E-state index is 14.2. The fourth-order valence-electron chi connectivity index (χ4n) is 4.37. The fraction of sp³-hybridized carbons (Fsp3) is 0.423. The van der Waals surface area contributed by atoms with E-state index in [0.29, 0.717) is 5.39 Å². The second kappa shape index (κ2) is 12.6. The molecule has 0 spiro atoms. The molecule has 0 bridgehead atoms. The number of allylic oxidation sites excluding steroid dienone is 1. The molecule has 0 radical (unpaired) electrons. The topological polar surface area (TPSA) is 210 Å². The van der Waals surface area contributed by atoms with Crippen molar-refractivity contribution < 1.29 is 47.7 Å². The summed E-state index contributed by atoms with van der Waals surface area (Å²) in [6.45, 7) is 3.68. The van der Waals surface area contributed by atoms with Crippen molar-refractivity contribution in [2.45, 2.75) is 63.5 Å². The summed E-state index contributed by atoms with van der Waals surface area (Å²) in [5.74, 6) is -1.86. The summed E-state index contributed by atoms with van der Waals surface area (Å²) in [5.41, 5.74) is 6.87. The van der Waals surface area contributed by atoms with Gasteiger partial charge in [-0.25, -0.2) is 4.57 Å². The lowest BCUT2D eigenvalue weighted by Gasteiger charge is -2.31. The van der Waals surface area contributed by atoms with E-state index in [0.717, 1.165) is 22.6 Å². The second-order valence-corrected chi connectivity index (χ2v) is 11.6. The standard InChI is InChI=1S/C26H30N5O10P/c1-15(2)39-25(36)16(3)28-42(37,41-20-10-6-8-17-7-4-5-9-19(17)20)38-14-26(29-30-27)23(35)22(34)24(40-26)31-12-11-18(32)13-21(31)33/h4-12,15-16,22-24,34-35H,13-14H2,1-3H3,(H,28,37)/t16-,22+,23-,24+,26+,42?/m0/s1. The monoisotopic (exact) mass is 603 g/mol. The molecule has 42 heavy (non-hydrogen) atoms. The summed E-state index contributed by atoms with van der Waals surface area (Å²) in [5, 5.41) is 28.9. The number of amides is 1. The molecule has 6 atom stereocenters. The summed E-state index contributed by atoms with van der Waals surface area (Å²) in [4.78, 5) is 40.1. The van der Waals surface area contributed by atoms with Crippen molar-refractivity contribution in [3.8, 4) is 5.75 Å². The molecule has 3 N–H and O–H groups in total. The number of nitrogens with one attached hydrogen (secondary N) is 1. The van der Waals surface area contributed by atoms with Crippen LogP contribution in [0.1, 0.15) is 27.2 Å². The number of hydrogen-bond acceptors (Lipinski definition) is 11. The zero-order valence-corrected chi connectivity index (χ0v) is 23.8. The van der Waals surface area contributed by atoms with Gasteiger partial charge in [0.05, 0.1) is 19.1 Å². The van der Waals surface area contributed by atoms with Crippen LogP contribution in [0, 0.1) is 0 Å². The number of carbonyl (C=O) groups is 3. The first-order valence-corrected chi connectivity index (χ1v) is 14.4. The molecule has 1 fully saturated rings. The van der Waals surface area contributed by atoms with Crippen LogP contribution in [-0.4, -0.2) is 75.7 Å². The molecule has 2 aliphatic heterocycles. The van der Waals surface area contributed by atoms with E-state index in [2.05, 4.69) is 15.1 Å². The molecule has 224 valence electrons. The fourth-order valence-corrected chi connectivity index (χ4v) is 5.90. The molecule has 2 aromatic carbocycles. The van der Waals surface area contributed by atoms with Crippen molar-refractivity contribution in [2.75, 3.05) is 6.61 Å². The van der Waals surface area contributed by atoms with E-state index in [-0.39, 0.29) is 5.75 Å². The quantitative estimate of drug-likeness (QED) is 0.0849. The number of esters is 1. The molecule has 0 aliphatic carbocycles. The minimum atomic E-state index is -4.58. The Balaban J connectivity index is 1.65. The predicted molar refractivity (Wildman–Crippen MR) is 146 cm³/mol. The highest BCUT2D eigenvalue weighted by Gasteiger charge is 2.58. The van der Waals surface area contributed by atoms with E-state index >= 15 is 0 Å². The average molecular weight is 604 g/mol. The zero-order chi connectivity index (χ0) is 30.7. The number of nitrogens with zero attached hydrogens (tertiary/aromatic N) is 4. The maximum Gasteiger partial charge on any atom is 0.459 e. The van der Waals surface area contributed by atoms with E-state index in [1.807, 2.05) is 0 Å². The largest absolute Gasteiger partial charge is 0.462 e. The van der Waals surface area contributed by atoms with E-state index < -0.39 is 74.7 Å². The molecule has 1 saturated heterocycles. The molecule has 15 nitrogen and oxygen atoms in total.